The Morgan fingerprint density at radius 2 is 2.17 bits per heavy atom. The van der Waals surface area contributed by atoms with Gasteiger partial charge in [0.25, 0.3) is 0 Å². The molecule has 0 spiro atoms. The van der Waals surface area contributed by atoms with Crippen LogP contribution in [0.3, 0.4) is 0 Å². The predicted molar refractivity (Wildman–Crippen MR) is 48.0 cm³/mol. The van der Waals surface area contributed by atoms with Crippen LogP contribution in [0.1, 0.15) is 5.56 Å². The molecular formula is C10H12O2. The molecule has 0 unspecified atom stereocenters. The van der Waals surface area contributed by atoms with Gasteiger partial charge >= 0.3 is 0 Å². The summed E-state index contributed by atoms with van der Waals surface area (Å²) >= 11 is 0. The topological polar surface area (TPSA) is 29.5 Å². The molecule has 0 radical (unpaired) electrons. The molecule has 0 fully saturated rings. The molecular weight excluding hydrogens is 152 g/mol. The molecule has 0 saturated heterocycles. The molecule has 0 amide bonds. The molecule has 64 valence electrons. The number of hydrogen-bond acceptors (Lipinski definition) is 2. The number of phenolic OH excluding ortho intramolecular Hbond substituents is 1. The van der Waals surface area contributed by atoms with Gasteiger partial charge in [0.05, 0.1) is 13.2 Å². The van der Waals surface area contributed by atoms with Crippen molar-refractivity contribution < 1.29 is 9.84 Å². The van der Waals surface area contributed by atoms with Crippen LogP contribution in [0.25, 0.3) is 0 Å². The lowest BCUT2D eigenvalue weighted by Gasteiger charge is -2.03. The molecule has 2 heteroatoms. The van der Waals surface area contributed by atoms with Crippen LogP contribution in [0.15, 0.2) is 36.9 Å². The van der Waals surface area contributed by atoms with E-state index in [1.807, 2.05) is 12.1 Å². The van der Waals surface area contributed by atoms with E-state index in [1.54, 1.807) is 18.2 Å². The Balaban J connectivity index is 2.51. The summed E-state index contributed by atoms with van der Waals surface area (Å²) in [4.78, 5) is 0. The summed E-state index contributed by atoms with van der Waals surface area (Å²) < 4.78 is 5.17. The second kappa shape index (κ2) is 4.57. The first-order chi connectivity index (χ1) is 5.84. The predicted octanol–water partition coefficient (Wildman–Crippen LogP) is 2.09. The zero-order chi connectivity index (χ0) is 8.81. The second-order valence-electron chi connectivity index (χ2n) is 2.43. The monoisotopic (exact) mass is 164 g/mol. The number of phenols is 1. The molecule has 1 N–H and O–H groups in total. The van der Waals surface area contributed by atoms with E-state index < -0.39 is 0 Å². The van der Waals surface area contributed by atoms with Gasteiger partial charge in [0.15, 0.2) is 0 Å². The van der Waals surface area contributed by atoms with E-state index in [2.05, 4.69) is 6.58 Å². The molecule has 0 bridgehead atoms. The minimum Gasteiger partial charge on any atom is -0.508 e. The lowest BCUT2D eigenvalue weighted by Crippen LogP contribution is -1.92. The van der Waals surface area contributed by atoms with E-state index in [4.69, 9.17) is 4.74 Å². The highest BCUT2D eigenvalue weighted by Crippen LogP contribution is 2.15. The Morgan fingerprint density at radius 3 is 2.83 bits per heavy atom. The second-order valence-corrected chi connectivity index (χ2v) is 2.43. The Labute approximate surface area is 72.1 Å². The van der Waals surface area contributed by atoms with E-state index in [0.717, 1.165) is 5.56 Å². The molecule has 12 heavy (non-hydrogen) atoms. The van der Waals surface area contributed by atoms with E-state index in [9.17, 15) is 5.11 Å². The lowest BCUT2D eigenvalue weighted by molar-refractivity contribution is 0.146. The van der Waals surface area contributed by atoms with Gasteiger partial charge in [-0.3, -0.25) is 0 Å². The third-order valence-electron chi connectivity index (χ3n) is 1.48. The van der Waals surface area contributed by atoms with Gasteiger partial charge in [-0.2, -0.15) is 0 Å². The number of para-hydroxylation sites is 1. The van der Waals surface area contributed by atoms with Crippen molar-refractivity contribution in [1.82, 2.24) is 0 Å². The first-order valence-corrected chi connectivity index (χ1v) is 3.80. The molecule has 1 rings (SSSR count). The molecule has 0 atom stereocenters. The fourth-order valence-corrected chi connectivity index (χ4v) is 0.885. The van der Waals surface area contributed by atoms with Gasteiger partial charge in [-0.1, -0.05) is 24.3 Å². The number of hydrogen-bond donors (Lipinski definition) is 1. The van der Waals surface area contributed by atoms with Gasteiger partial charge in [-0.25, -0.2) is 0 Å². The highest BCUT2D eigenvalue weighted by molar-refractivity contribution is 5.30. The third kappa shape index (κ3) is 2.40. The van der Waals surface area contributed by atoms with Crippen LogP contribution in [-0.4, -0.2) is 11.7 Å². The van der Waals surface area contributed by atoms with Crippen LogP contribution >= 0.6 is 0 Å². The number of ether oxygens (including phenoxy) is 1. The molecule has 2 nitrogen and oxygen atoms in total. The Bertz CT molecular complexity index is 256. The van der Waals surface area contributed by atoms with Crippen LogP contribution in [0.5, 0.6) is 5.75 Å². The summed E-state index contributed by atoms with van der Waals surface area (Å²) in [7, 11) is 0. The van der Waals surface area contributed by atoms with Crippen molar-refractivity contribution in [1.29, 1.82) is 0 Å². The number of benzene rings is 1. The zero-order valence-electron chi connectivity index (χ0n) is 6.86. The van der Waals surface area contributed by atoms with Crippen LogP contribution < -0.4 is 0 Å². The number of aromatic hydroxyl groups is 1. The summed E-state index contributed by atoms with van der Waals surface area (Å²) in [6.45, 7) is 4.46. The van der Waals surface area contributed by atoms with Gasteiger partial charge < -0.3 is 9.84 Å². The van der Waals surface area contributed by atoms with Crippen molar-refractivity contribution in [3.05, 3.63) is 42.5 Å². The molecule has 1 aromatic rings. The first kappa shape index (κ1) is 8.81. The molecule has 0 heterocycles. The van der Waals surface area contributed by atoms with Gasteiger partial charge in [-0.05, 0) is 6.07 Å². The smallest absolute Gasteiger partial charge is 0.121 e. The summed E-state index contributed by atoms with van der Waals surface area (Å²) in [6.07, 6.45) is 1.68. The molecule has 0 aliphatic heterocycles. The highest BCUT2D eigenvalue weighted by Gasteiger charge is 1.97. The molecule has 0 saturated carbocycles. The van der Waals surface area contributed by atoms with Gasteiger partial charge in [0.2, 0.25) is 0 Å². The number of rotatable bonds is 4. The molecule has 0 aliphatic rings. The fourth-order valence-electron chi connectivity index (χ4n) is 0.885. The Morgan fingerprint density at radius 1 is 1.42 bits per heavy atom. The Kier molecular flexibility index (Phi) is 3.35. The van der Waals surface area contributed by atoms with Crippen molar-refractivity contribution in [2.24, 2.45) is 0 Å². The van der Waals surface area contributed by atoms with Crippen LogP contribution in [0.2, 0.25) is 0 Å². The van der Waals surface area contributed by atoms with Crippen LogP contribution in [0, 0.1) is 0 Å². The zero-order valence-corrected chi connectivity index (χ0v) is 6.86. The van der Waals surface area contributed by atoms with E-state index >= 15 is 0 Å². The minimum atomic E-state index is 0.279. The maximum absolute atomic E-state index is 9.30. The van der Waals surface area contributed by atoms with Crippen LogP contribution in [0.4, 0.5) is 0 Å². The standard InChI is InChI=1S/C10H12O2/c1-2-7-12-8-9-5-3-4-6-10(9)11/h2-6,11H,1,7-8H2. The van der Waals surface area contributed by atoms with Gasteiger partial charge in [0, 0.05) is 5.56 Å². The van der Waals surface area contributed by atoms with Crippen molar-refractivity contribution in [2.75, 3.05) is 6.61 Å². The largest absolute Gasteiger partial charge is 0.508 e. The summed E-state index contributed by atoms with van der Waals surface area (Å²) in [5.41, 5.74) is 0.805. The molecule has 0 aromatic heterocycles. The fraction of sp³-hybridized carbons (Fsp3) is 0.200. The summed E-state index contributed by atoms with van der Waals surface area (Å²) in [5, 5.41) is 9.30. The van der Waals surface area contributed by atoms with Gasteiger partial charge in [-0.15, -0.1) is 6.58 Å². The summed E-state index contributed by atoms with van der Waals surface area (Å²) in [6, 6.07) is 7.13. The van der Waals surface area contributed by atoms with E-state index in [-0.39, 0.29) is 5.75 Å². The van der Waals surface area contributed by atoms with Crippen molar-refractivity contribution in [3.8, 4) is 5.75 Å². The quantitative estimate of drug-likeness (QED) is 0.545. The third-order valence-corrected chi connectivity index (χ3v) is 1.48. The normalized spacial score (nSPS) is 9.67. The lowest BCUT2D eigenvalue weighted by atomic mass is 10.2. The minimum absolute atomic E-state index is 0.279. The maximum Gasteiger partial charge on any atom is 0.121 e. The van der Waals surface area contributed by atoms with Crippen molar-refractivity contribution in [2.45, 2.75) is 6.61 Å². The average molecular weight is 164 g/mol. The molecule has 0 aliphatic carbocycles. The highest BCUT2D eigenvalue weighted by atomic mass is 16.5. The average Bonchev–Trinajstić information content (AvgIpc) is 2.09. The first-order valence-electron chi connectivity index (χ1n) is 3.80. The summed E-state index contributed by atoms with van der Waals surface area (Å²) in [5.74, 6) is 0.279. The van der Waals surface area contributed by atoms with E-state index in [0.29, 0.717) is 13.2 Å². The van der Waals surface area contributed by atoms with Crippen molar-refractivity contribution >= 4 is 0 Å². The maximum atomic E-state index is 9.30. The SMILES string of the molecule is C=CCOCc1ccccc1O. The Hall–Kier alpha value is -1.28. The van der Waals surface area contributed by atoms with Gasteiger partial charge in [0.1, 0.15) is 5.75 Å². The molecule has 1 aromatic carbocycles. The van der Waals surface area contributed by atoms with E-state index in [1.165, 1.54) is 0 Å². The van der Waals surface area contributed by atoms with Crippen LogP contribution in [-0.2, 0) is 11.3 Å². The van der Waals surface area contributed by atoms with Crippen molar-refractivity contribution in [3.63, 3.8) is 0 Å².